The number of carbonyl (C=O) groups excluding carboxylic acids is 3. The van der Waals surface area contributed by atoms with Crippen LogP contribution >= 0.6 is 0 Å². The van der Waals surface area contributed by atoms with Gasteiger partial charge in [0.15, 0.2) is 15.6 Å². The average molecular weight is 512 g/mol. The van der Waals surface area contributed by atoms with Gasteiger partial charge in [0.2, 0.25) is 11.8 Å². The van der Waals surface area contributed by atoms with Crippen LogP contribution in [0, 0.1) is 0 Å². The molecule has 0 radical (unpaired) electrons. The molecule has 36 heavy (non-hydrogen) atoms. The molecule has 2 aliphatic rings. The Hall–Kier alpha value is -3.20. The molecule has 4 rings (SSSR count). The van der Waals surface area contributed by atoms with Gasteiger partial charge in [-0.3, -0.25) is 14.4 Å². The van der Waals surface area contributed by atoms with E-state index in [1.165, 1.54) is 6.92 Å². The number of amides is 2. The van der Waals surface area contributed by atoms with Crippen molar-refractivity contribution in [2.75, 3.05) is 41.7 Å². The third kappa shape index (κ3) is 5.31. The van der Waals surface area contributed by atoms with E-state index in [-0.39, 0.29) is 40.7 Å². The number of carbonyl (C=O) groups is 3. The summed E-state index contributed by atoms with van der Waals surface area (Å²) < 4.78 is 26.0. The van der Waals surface area contributed by atoms with Crippen LogP contribution in [0.1, 0.15) is 49.5 Å². The lowest BCUT2D eigenvalue weighted by molar-refractivity contribution is -0.131. The lowest BCUT2D eigenvalue weighted by atomic mass is 10.1. The highest BCUT2D eigenvalue weighted by Gasteiger charge is 2.31. The van der Waals surface area contributed by atoms with Crippen LogP contribution in [0.5, 0.6) is 0 Å². The number of benzene rings is 2. The van der Waals surface area contributed by atoms with Crippen LogP contribution in [0.2, 0.25) is 0 Å². The molecule has 0 aromatic heterocycles. The summed E-state index contributed by atoms with van der Waals surface area (Å²) in [7, 11) is -3.63. The van der Waals surface area contributed by atoms with Gasteiger partial charge in [-0.2, -0.15) is 0 Å². The summed E-state index contributed by atoms with van der Waals surface area (Å²) in [6.45, 7) is 7.64. The van der Waals surface area contributed by atoms with Gasteiger partial charge in [-0.25, -0.2) is 8.42 Å². The first kappa shape index (κ1) is 25.9. The molecule has 1 saturated heterocycles. The standard InChI is InChI=1S/C27H33N3O5S/c1-4-26(32)30-19(2)17-22-18-24(9-10-25(22)30)36(34,35)16-11-27(33)29-14-12-28(13-15-29)23-7-5-21(6-8-23)20(3)31/h5-10,18-19H,4,11-17H2,1-3H3. The Morgan fingerprint density at radius 2 is 1.61 bits per heavy atom. The van der Waals surface area contributed by atoms with Crippen molar-refractivity contribution >= 4 is 38.8 Å². The van der Waals surface area contributed by atoms with Crippen LogP contribution in [0.4, 0.5) is 11.4 Å². The molecule has 2 aliphatic heterocycles. The predicted molar refractivity (Wildman–Crippen MR) is 139 cm³/mol. The summed E-state index contributed by atoms with van der Waals surface area (Å²) in [5, 5.41) is 0. The van der Waals surface area contributed by atoms with Crippen molar-refractivity contribution in [2.24, 2.45) is 0 Å². The quantitative estimate of drug-likeness (QED) is 0.530. The highest BCUT2D eigenvalue weighted by Crippen LogP contribution is 2.34. The van der Waals surface area contributed by atoms with Gasteiger partial charge < -0.3 is 14.7 Å². The van der Waals surface area contributed by atoms with Crippen LogP contribution in [0.25, 0.3) is 0 Å². The Bertz CT molecular complexity index is 1260. The fraction of sp³-hybridized carbons (Fsp3) is 0.444. The van der Waals surface area contributed by atoms with Gasteiger partial charge in [-0.05, 0) is 68.3 Å². The van der Waals surface area contributed by atoms with E-state index in [9.17, 15) is 22.8 Å². The third-order valence-electron chi connectivity index (χ3n) is 7.05. The zero-order valence-corrected chi connectivity index (χ0v) is 21.9. The molecule has 1 fully saturated rings. The summed E-state index contributed by atoms with van der Waals surface area (Å²) in [5.41, 5.74) is 3.29. The first-order chi connectivity index (χ1) is 17.1. The molecule has 0 spiro atoms. The second-order valence-corrected chi connectivity index (χ2v) is 11.6. The van der Waals surface area contributed by atoms with Crippen LogP contribution in [0.15, 0.2) is 47.4 Å². The summed E-state index contributed by atoms with van der Waals surface area (Å²) >= 11 is 0. The van der Waals surface area contributed by atoms with Gasteiger partial charge in [0.05, 0.1) is 10.6 Å². The minimum atomic E-state index is -3.63. The van der Waals surface area contributed by atoms with Crippen LogP contribution in [-0.4, -0.2) is 68.9 Å². The van der Waals surface area contributed by atoms with E-state index in [1.54, 1.807) is 40.1 Å². The van der Waals surface area contributed by atoms with Crippen molar-refractivity contribution in [3.8, 4) is 0 Å². The average Bonchev–Trinajstić information content (AvgIpc) is 3.22. The molecule has 1 atom stereocenters. The number of nitrogens with zero attached hydrogens (tertiary/aromatic N) is 3. The summed E-state index contributed by atoms with van der Waals surface area (Å²) in [6, 6.07) is 12.3. The van der Waals surface area contributed by atoms with Crippen LogP contribution < -0.4 is 9.80 Å². The van der Waals surface area contributed by atoms with Crippen molar-refractivity contribution in [3.63, 3.8) is 0 Å². The Morgan fingerprint density at radius 3 is 2.22 bits per heavy atom. The first-order valence-corrected chi connectivity index (χ1v) is 14.1. The number of sulfone groups is 1. The monoisotopic (exact) mass is 511 g/mol. The van der Waals surface area contributed by atoms with E-state index >= 15 is 0 Å². The fourth-order valence-electron chi connectivity index (χ4n) is 4.97. The zero-order chi connectivity index (χ0) is 26.0. The maximum atomic E-state index is 13.0. The minimum absolute atomic E-state index is 0.00211. The normalized spacial score (nSPS) is 17.8. The molecule has 8 nitrogen and oxygen atoms in total. The second-order valence-electron chi connectivity index (χ2n) is 9.50. The van der Waals surface area contributed by atoms with E-state index < -0.39 is 9.84 Å². The Morgan fingerprint density at radius 1 is 0.944 bits per heavy atom. The minimum Gasteiger partial charge on any atom is -0.368 e. The first-order valence-electron chi connectivity index (χ1n) is 12.4. The largest absolute Gasteiger partial charge is 0.368 e. The number of anilines is 2. The van der Waals surface area contributed by atoms with E-state index in [0.717, 1.165) is 16.9 Å². The molecule has 2 amide bonds. The van der Waals surface area contributed by atoms with E-state index in [4.69, 9.17) is 0 Å². The molecule has 0 aliphatic carbocycles. The third-order valence-corrected chi connectivity index (χ3v) is 8.77. The van der Waals surface area contributed by atoms with Gasteiger partial charge >= 0.3 is 0 Å². The number of Topliss-reactive ketones (excluding diaryl/α,β-unsaturated/α-hetero) is 1. The van der Waals surface area contributed by atoms with Gasteiger partial charge in [-0.15, -0.1) is 0 Å². The molecule has 2 aromatic carbocycles. The Kier molecular flexibility index (Phi) is 7.49. The predicted octanol–water partition coefficient (Wildman–Crippen LogP) is 3.09. The maximum Gasteiger partial charge on any atom is 0.226 e. The van der Waals surface area contributed by atoms with Gasteiger partial charge in [0.1, 0.15) is 0 Å². The molecule has 0 bridgehead atoms. The molecule has 0 saturated carbocycles. The Balaban J connectivity index is 1.33. The maximum absolute atomic E-state index is 13.0. The number of rotatable bonds is 7. The van der Waals surface area contributed by atoms with Crippen molar-refractivity contribution in [1.29, 1.82) is 0 Å². The molecule has 9 heteroatoms. The molecule has 2 aromatic rings. The smallest absolute Gasteiger partial charge is 0.226 e. The zero-order valence-electron chi connectivity index (χ0n) is 21.1. The van der Waals surface area contributed by atoms with Crippen molar-refractivity contribution < 1.29 is 22.8 Å². The second kappa shape index (κ2) is 10.4. The summed E-state index contributed by atoms with van der Waals surface area (Å²) in [6.07, 6.45) is 0.945. The Labute approximate surface area is 212 Å². The number of ketones is 1. The molecule has 192 valence electrons. The number of fused-ring (bicyclic) bond motifs is 1. The highest BCUT2D eigenvalue weighted by molar-refractivity contribution is 7.91. The van der Waals surface area contributed by atoms with Crippen LogP contribution in [-0.2, 0) is 25.8 Å². The number of piperazine rings is 1. The van der Waals surface area contributed by atoms with Gasteiger partial charge in [-0.1, -0.05) is 6.92 Å². The summed E-state index contributed by atoms with van der Waals surface area (Å²) in [5.74, 6) is -0.366. The fourth-order valence-corrected chi connectivity index (χ4v) is 6.25. The van der Waals surface area contributed by atoms with Crippen molar-refractivity contribution in [2.45, 2.75) is 51.0 Å². The van der Waals surface area contributed by atoms with Crippen LogP contribution in [0.3, 0.4) is 0 Å². The summed E-state index contributed by atoms with van der Waals surface area (Å²) in [4.78, 5) is 42.4. The highest BCUT2D eigenvalue weighted by atomic mass is 32.2. The SMILES string of the molecule is CCC(=O)N1c2ccc(S(=O)(=O)CCC(=O)N3CCN(c4ccc(C(C)=O)cc4)CC3)cc2CC1C. The lowest BCUT2D eigenvalue weighted by Gasteiger charge is -2.36. The van der Waals surface area contributed by atoms with E-state index in [0.29, 0.717) is 44.6 Å². The topological polar surface area (TPSA) is 95.1 Å². The lowest BCUT2D eigenvalue weighted by Crippen LogP contribution is -2.49. The van der Waals surface area contributed by atoms with E-state index in [2.05, 4.69) is 4.90 Å². The number of hydrogen-bond donors (Lipinski definition) is 0. The molecule has 1 unspecified atom stereocenters. The molecule has 0 N–H and O–H groups in total. The van der Waals surface area contributed by atoms with E-state index in [1.807, 2.05) is 26.0 Å². The van der Waals surface area contributed by atoms with Gasteiger partial charge in [0.25, 0.3) is 0 Å². The van der Waals surface area contributed by atoms with Crippen molar-refractivity contribution in [1.82, 2.24) is 4.90 Å². The van der Waals surface area contributed by atoms with Gasteiger partial charge in [0, 0.05) is 62.0 Å². The molecular formula is C27H33N3O5S. The number of hydrogen-bond acceptors (Lipinski definition) is 6. The molecule has 2 heterocycles. The molecular weight excluding hydrogens is 478 g/mol. The van der Waals surface area contributed by atoms with Crippen molar-refractivity contribution in [3.05, 3.63) is 53.6 Å².